The number of anilines is 1. The lowest BCUT2D eigenvalue weighted by Crippen LogP contribution is -2.45. The van der Waals surface area contributed by atoms with E-state index in [0.29, 0.717) is 18.7 Å². The first kappa shape index (κ1) is 16.0. The van der Waals surface area contributed by atoms with Gasteiger partial charge < -0.3 is 10.6 Å². The lowest BCUT2D eigenvalue weighted by atomic mass is 9.79. The van der Waals surface area contributed by atoms with E-state index in [4.69, 9.17) is 0 Å². The number of halogens is 1. The summed E-state index contributed by atoms with van der Waals surface area (Å²) in [7, 11) is 0. The van der Waals surface area contributed by atoms with Crippen LogP contribution in [-0.2, 0) is 9.59 Å². The van der Waals surface area contributed by atoms with E-state index in [1.54, 1.807) is 13.0 Å². The molecule has 1 atom stereocenters. The summed E-state index contributed by atoms with van der Waals surface area (Å²) < 4.78 is 15.5. The average molecular weight is 332 g/mol. The molecule has 3 rings (SSSR count). The smallest absolute Gasteiger partial charge is 0.264 e. The van der Waals surface area contributed by atoms with E-state index in [1.165, 1.54) is 29.1 Å². The molecule has 1 aliphatic heterocycles. The Morgan fingerprint density at radius 3 is 2.75 bits per heavy atom. The Bertz CT molecular complexity index is 857. The molecule has 2 aromatic rings. The molecule has 7 nitrogen and oxygen atoms in total. The van der Waals surface area contributed by atoms with Gasteiger partial charge in [0.25, 0.3) is 5.56 Å². The van der Waals surface area contributed by atoms with Crippen LogP contribution in [0.25, 0.3) is 5.69 Å². The molecule has 1 saturated heterocycles. The molecule has 1 aromatic carbocycles. The molecule has 2 heterocycles. The number of benzene rings is 1. The number of H-pyrrole nitrogens is 1. The van der Waals surface area contributed by atoms with Gasteiger partial charge in [0, 0.05) is 30.9 Å². The largest absolute Gasteiger partial charge is 0.356 e. The number of carbonyl (C=O) groups excluding carboxylic acids is 2. The fraction of sp³-hybridized carbons (Fsp3) is 0.312. The summed E-state index contributed by atoms with van der Waals surface area (Å²) in [6.45, 7) is 2.16. The number of aromatic amines is 1. The molecule has 0 radical (unpaired) electrons. The molecule has 1 aromatic heterocycles. The molecule has 0 aliphatic carbocycles. The van der Waals surface area contributed by atoms with E-state index < -0.39 is 11.2 Å². The number of amides is 2. The SMILES string of the molecule is C[C@]1(C(=O)Nc2ccc(-n3ccc(=O)[nH]3)c(F)c2)CCNC(=O)C1. The third-order valence-corrected chi connectivity index (χ3v) is 4.17. The van der Waals surface area contributed by atoms with Crippen LogP contribution in [0.2, 0.25) is 0 Å². The van der Waals surface area contributed by atoms with Crippen LogP contribution in [0.3, 0.4) is 0 Å². The van der Waals surface area contributed by atoms with Crippen molar-refractivity contribution in [3.8, 4) is 5.69 Å². The summed E-state index contributed by atoms with van der Waals surface area (Å²) in [6, 6.07) is 5.46. The van der Waals surface area contributed by atoms with Crippen molar-refractivity contribution in [2.45, 2.75) is 19.8 Å². The Balaban J connectivity index is 1.78. The van der Waals surface area contributed by atoms with Crippen molar-refractivity contribution in [3.05, 3.63) is 46.6 Å². The van der Waals surface area contributed by atoms with Crippen LogP contribution in [0, 0.1) is 11.2 Å². The lowest BCUT2D eigenvalue weighted by Gasteiger charge is -2.31. The fourth-order valence-electron chi connectivity index (χ4n) is 2.71. The van der Waals surface area contributed by atoms with E-state index in [0.717, 1.165) is 0 Å². The van der Waals surface area contributed by atoms with E-state index >= 15 is 0 Å². The van der Waals surface area contributed by atoms with Gasteiger partial charge >= 0.3 is 0 Å². The molecule has 1 fully saturated rings. The van der Waals surface area contributed by atoms with E-state index in [-0.39, 0.29) is 29.5 Å². The summed E-state index contributed by atoms with van der Waals surface area (Å²) in [5.41, 5.74) is -0.694. The molecule has 0 bridgehead atoms. The molecule has 3 N–H and O–H groups in total. The van der Waals surface area contributed by atoms with Gasteiger partial charge in [0.05, 0.1) is 11.1 Å². The highest BCUT2D eigenvalue weighted by Gasteiger charge is 2.38. The van der Waals surface area contributed by atoms with Crippen molar-refractivity contribution >= 4 is 17.5 Å². The van der Waals surface area contributed by atoms with Crippen LogP contribution in [-0.4, -0.2) is 28.1 Å². The number of aromatic nitrogens is 2. The molecule has 2 amide bonds. The van der Waals surface area contributed by atoms with Crippen LogP contribution >= 0.6 is 0 Å². The van der Waals surface area contributed by atoms with Crippen LogP contribution in [0.15, 0.2) is 35.3 Å². The van der Waals surface area contributed by atoms with E-state index in [1.807, 2.05) is 0 Å². The quantitative estimate of drug-likeness (QED) is 0.787. The first-order chi connectivity index (χ1) is 11.4. The van der Waals surface area contributed by atoms with Crippen LogP contribution in [0.4, 0.5) is 10.1 Å². The zero-order valence-corrected chi connectivity index (χ0v) is 13.1. The summed E-state index contributed by atoms with van der Waals surface area (Å²) in [5, 5.41) is 7.78. The summed E-state index contributed by atoms with van der Waals surface area (Å²) in [6.07, 6.45) is 2.04. The van der Waals surface area contributed by atoms with Crippen molar-refractivity contribution in [3.63, 3.8) is 0 Å². The number of nitrogens with zero attached hydrogens (tertiary/aromatic N) is 1. The second-order valence-corrected chi connectivity index (χ2v) is 6.12. The van der Waals surface area contributed by atoms with E-state index in [2.05, 4.69) is 15.7 Å². The second kappa shape index (κ2) is 5.95. The van der Waals surface area contributed by atoms with Crippen molar-refractivity contribution in [2.24, 2.45) is 5.41 Å². The minimum Gasteiger partial charge on any atom is -0.356 e. The number of hydrogen-bond acceptors (Lipinski definition) is 3. The Morgan fingerprint density at radius 1 is 1.33 bits per heavy atom. The zero-order valence-electron chi connectivity index (χ0n) is 13.1. The lowest BCUT2D eigenvalue weighted by molar-refractivity contribution is -0.134. The molecule has 1 aliphatic rings. The molecule has 0 unspecified atom stereocenters. The van der Waals surface area contributed by atoms with Gasteiger partial charge in [-0.15, -0.1) is 0 Å². The van der Waals surface area contributed by atoms with E-state index in [9.17, 15) is 18.8 Å². The highest BCUT2D eigenvalue weighted by molar-refractivity contribution is 5.98. The maximum Gasteiger partial charge on any atom is 0.264 e. The Hall–Kier alpha value is -2.90. The topological polar surface area (TPSA) is 96.0 Å². The Morgan fingerprint density at radius 2 is 2.12 bits per heavy atom. The minimum absolute atomic E-state index is 0.101. The van der Waals surface area contributed by atoms with Gasteiger partial charge in [0.15, 0.2) is 5.82 Å². The van der Waals surface area contributed by atoms with Crippen molar-refractivity contribution in [1.82, 2.24) is 15.1 Å². The van der Waals surface area contributed by atoms with Crippen molar-refractivity contribution < 1.29 is 14.0 Å². The van der Waals surface area contributed by atoms with Crippen molar-refractivity contribution in [2.75, 3.05) is 11.9 Å². The Kier molecular flexibility index (Phi) is 3.96. The monoisotopic (exact) mass is 332 g/mol. The van der Waals surface area contributed by atoms with Gasteiger partial charge in [-0.05, 0) is 24.6 Å². The highest BCUT2D eigenvalue weighted by atomic mass is 19.1. The molecule has 0 saturated carbocycles. The summed E-state index contributed by atoms with van der Waals surface area (Å²) in [5.74, 6) is -1.08. The van der Waals surface area contributed by atoms with Crippen LogP contribution in [0.1, 0.15) is 19.8 Å². The van der Waals surface area contributed by atoms with Crippen LogP contribution in [0.5, 0.6) is 0 Å². The van der Waals surface area contributed by atoms with Gasteiger partial charge in [-0.1, -0.05) is 6.92 Å². The minimum atomic E-state index is -0.816. The third-order valence-electron chi connectivity index (χ3n) is 4.17. The standard InChI is InChI=1S/C16H17FN4O3/c1-16(5-6-18-14(23)9-16)15(24)19-10-2-3-12(11(17)8-10)21-7-4-13(22)20-21/h2-4,7-8H,5-6,9H2,1H3,(H,18,23)(H,19,24)(H,20,22)/t16-/m0/s1. The zero-order chi connectivity index (χ0) is 17.3. The molecule has 8 heteroatoms. The predicted octanol–water partition coefficient (Wildman–Crippen LogP) is 1.16. The van der Waals surface area contributed by atoms with Gasteiger partial charge in [-0.25, -0.2) is 4.39 Å². The molecule has 24 heavy (non-hydrogen) atoms. The summed E-state index contributed by atoms with van der Waals surface area (Å²) >= 11 is 0. The first-order valence-electron chi connectivity index (χ1n) is 7.53. The fourth-order valence-corrected chi connectivity index (χ4v) is 2.71. The Labute approximate surface area is 136 Å². The van der Waals surface area contributed by atoms with Gasteiger partial charge in [0.2, 0.25) is 11.8 Å². The molecule has 126 valence electrons. The maximum absolute atomic E-state index is 14.2. The highest BCUT2D eigenvalue weighted by Crippen LogP contribution is 2.30. The second-order valence-electron chi connectivity index (χ2n) is 6.12. The molecular weight excluding hydrogens is 315 g/mol. The number of rotatable bonds is 3. The van der Waals surface area contributed by atoms with Gasteiger partial charge in [-0.2, -0.15) is 0 Å². The third kappa shape index (κ3) is 3.08. The summed E-state index contributed by atoms with van der Waals surface area (Å²) in [4.78, 5) is 35.1. The molecular formula is C16H17FN4O3. The molecule has 0 spiro atoms. The normalized spacial score (nSPS) is 20.5. The van der Waals surface area contributed by atoms with Gasteiger partial charge in [-0.3, -0.25) is 24.2 Å². The number of hydrogen-bond donors (Lipinski definition) is 3. The maximum atomic E-state index is 14.2. The van der Waals surface area contributed by atoms with Gasteiger partial charge in [0.1, 0.15) is 0 Å². The average Bonchev–Trinajstić information content (AvgIpc) is 2.93. The predicted molar refractivity (Wildman–Crippen MR) is 85.3 cm³/mol. The first-order valence-corrected chi connectivity index (χ1v) is 7.53. The number of carbonyl (C=O) groups is 2. The van der Waals surface area contributed by atoms with Crippen molar-refractivity contribution in [1.29, 1.82) is 0 Å². The number of piperidine rings is 1. The van der Waals surface area contributed by atoms with Crippen LogP contribution < -0.4 is 16.2 Å². The number of nitrogens with one attached hydrogen (secondary N) is 3.